The molecular weight excluding hydrogens is 176 g/mol. The van der Waals surface area contributed by atoms with Gasteiger partial charge in [0.2, 0.25) is 0 Å². The molecule has 0 aromatic carbocycles. The third-order valence-corrected chi connectivity index (χ3v) is 4.95. The molecule has 68 valence electrons. The van der Waals surface area contributed by atoms with E-state index >= 15 is 0 Å². The van der Waals surface area contributed by atoms with E-state index in [1.807, 2.05) is 0 Å². The molecule has 0 amide bonds. The molecular formula is C8H12O3S. The highest BCUT2D eigenvalue weighted by atomic mass is 32.2. The van der Waals surface area contributed by atoms with Crippen LogP contribution in [0.2, 0.25) is 0 Å². The molecule has 1 atom stereocenters. The van der Waals surface area contributed by atoms with Crippen LogP contribution in [0, 0.1) is 5.92 Å². The zero-order valence-electron chi connectivity index (χ0n) is 6.82. The van der Waals surface area contributed by atoms with Gasteiger partial charge in [-0.1, -0.05) is 0 Å². The standard InChI is InChI=1S/C8H12O3S/c9-7-3-4-12(10,11)8(5-7)6-1-2-6/h6,8H,1-5H2. The Hall–Kier alpha value is -0.380. The Balaban J connectivity index is 2.20. The fraction of sp³-hybridized carbons (Fsp3) is 0.875. The number of carbonyl (C=O) groups excluding carboxylic acids is 1. The van der Waals surface area contributed by atoms with Crippen molar-refractivity contribution in [2.24, 2.45) is 5.92 Å². The normalized spacial score (nSPS) is 35.0. The minimum Gasteiger partial charge on any atom is -0.300 e. The van der Waals surface area contributed by atoms with Crippen LogP contribution in [0.15, 0.2) is 0 Å². The molecule has 1 saturated heterocycles. The molecule has 2 aliphatic rings. The van der Waals surface area contributed by atoms with Crippen molar-refractivity contribution >= 4 is 15.6 Å². The molecule has 0 spiro atoms. The molecule has 1 aliphatic carbocycles. The van der Waals surface area contributed by atoms with Crippen LogP contribution in [0.25, 0.3) is 0 Å². The Bertz CT molecular complexity index is 300. The number of sulfone groups is 1. The van der Waals surface area contributed by atoms with Gasteiger partial charge >= 0.3 is 0 Å². The van der Waals surface area contributed by atoms with Crippen molar-refractivity contribution in [1.29, 1.82) is 0 Å². The zero-order valence-corrected chi connectivity index (χ0v) is 7.64. The van der Waals surface area contributed by atoms with Gasteiger partial charge < -0.3 is 0 Å². The molecule has 2 fully saturated rings. The first kappa shape index (κ1) is 8.23. The lowest BCUT2D eigenvalue weighted by Gasteiger charge is -2.20. The summed E-state index contributed by atoms with van der Waals surface area (Å²) in [5.41, 5.74) is 0. The van der Waals surface area contributed by atoms with Crippen molar-refractivity contribution in [3.63, 3.8) is 0 Å². The maximum absolute atomic E-state index is 11.5. The minimum absolute atomic E-state index is 0.0903. The predicted molar refractivity (Wildman–Crippen MR) is 44.5 cm³/mol. The van der Waals surface area contributed by atoms with Gasteiger partial charge in [0.05, 0.1) is 11.0 Å². The van der Waals surface area contributed by atoms with E-state index in [1.54, 1.807) is 0 Å². The van der Waals surface area contributed by atoms with Crippen molar-refractivity contribution in [3.8, 4) is 0 Å². The van der Waals surface area contributed by atoms with Gasteiger partial charge in [0.15, 0.2) is 9.84 Å². The molecule has 0 bridgehead atoms. The van der Waals surface area contributed by atoms with Crippen LogP contribution < -0.4 is 0 Å². The second-order valence-corrected chi connectivity index (χ2v) is 6.08. The molecule has 1 unspecified atom stereocenters. The first-order valence-corrected chi connectivity index (χ1v) is 6.04. The summed E-state index contributed by atoms with van der Waals surface area (Å²) in [5.74, 6) is 0.522. The number of rotatable bonds is 1. The summed E-state index contributed by atoms with van der Waals surface area (Å²) < 4.78 is 22.9. The van der Waals surface area contributed by atoms with Crippen LogP contribution in [-0.4, -0.2) is 25.2 Å². The molecule has 0 aromatic heterocycles. The molecule has 3 nitrogen and oxygen atoms in total. The SMILES string of the molecule is O=C1CCS(=O)(=O)C(C2CC2)C1. The lowest BCUT2D eigenvalue weighted by molar-refractivity contribution is -0.119. The quantitative estimate of drug-likeness (QED) is 0.603. The van der Waals surface area contributed by atoms with Gasteiger partial charge in [-0.05, 0) is 18.8 Å². The average molecular weight is 188 g/mol. The second-order valence-electron chi connectivity index (χ2n) is 3.74. The smallest absolute Gasteiger partial charge is 0.154 e. The molecule has 1 aliphatic heterocycles. The van der Waals surface area contributed by atoms with Gasteiger partial charge in [0, 0.05) is 12.8 Å². The van der Waals surface area contributed by atoms with E-state index in [-0.39, 0.29) is 29.6 Å². The largest absolute Gasteiger partial charge is 0.300 e. The first-order valence-electron chi connectivity index (χ1n) is 4.33. The van der Waals surface area contributed by atoms with E-state index in [9.17, 15) is 13.2 Å². The van der Waals surface area contributed by atoms with Gasteiger partial charge in [0.25, 0.3) is 0 Å². The number of Topliss-reactive ketones (excluding diaryl/α,β-unsaturated/α-hetero) is 1. The summed E-state index contributed by atoms with van der Waals surface area (Å²) >= 11 is 0. The summed E-state index contributed by atoms with van der Waals surface area (Å²) in [6.07, 6.45) is 2.52. The van der Waals surface area contributed by atoms with E-state index in [4.69, 9.17) is 0 Å². The summed E-state index contributed by atoms with van der Waals surface area (Å²) in [5, 5.41) is -0.321. The molecule has 4 heteroatoms. The highest BCUT2D eigenvalue weighted by molar-refractivity contribution is 7.92. The Morgan fingerprint density at radius 3 is 2.50 bits per heavy atom. The topological polar surface area (TPSA) is 51.2 Å². The first-order chi connectivity index (χ1) is 5.59. The van der Waals surface area contributed by atoms with E-state index in [2.05, 4.69) is 0 Å². The number of ketones is 1. The third kappa shape index (κ3) is 1.40. The van der Waals surface area contributed by atoms with Crippen molar-refractivity contribution in [3.05, 3.63) is 0 Å². The van der Waals surface area contributed by atoms with Crippen molar-refractivity contribution < 1.29 is 13.2 Å². The summed E-state index contributed by atoms with van der Waals surface area (Å²) in [6, 6.07) is 0. The van der Waals surface area contributed by atoms with E-state index in [0.29, 0.717) is 5.92 Å². The van der Waals surface area contributed by atoms with Crippen molar-refractivity contribution in [2.75, 3.05) is 5.75 Å². The maximum atomic E-state index is 11.5. The molecule has 0 radical (unpaired) electrons. The van der Waals surface area contributed by atoms with E-state index in [0.717, 1.165) is 12.8 Å². The Labute approximate surface area is 72.1 Å². The summed E-state index contributed by atoms with van der Waals surface area (Å²) in [7, 11) is -2.91. The monoisotopic (exact) mass is 188 g/mol. The predicted octanol–water partition coefficient (Wildman–Crippen LogP) is 0.543. The fourth-order valence-electron chi connectivity index (χ4n) is 1.79. The van der Waals surface area contributed by atoms with Gasteiger partial charge in [-0.2, -0.15) is 0 Å². The Morgan fingerprint density at radius 1 is 1.25 bits per heavy atom. The number of hydrogen-bond acceptors (Lipinski definition) is 3. The van der Waals surface area contributed by atoms with Crippen LogP contribution in [0.3, 0.4) is 0 Å². The molecule has 2 rings (SSSR count). The van der Waals surface area contributed by atoms with Crippen molar-refractivity contribution in [1.82, 2.24) is 0 Å². The molecule has 1 heterocycles. The lowest BCUT2D eigenvalue weighted by Crippen LogP contribution is -2.34. The molecule has 0 N–H and O–H groups in total. The van der Waals surface area contributed by atoms with Crippen LogP contribution in [0.1, 0.15) is 25.7 Å². The fourth-order valence-corrected chi connectivity index (χ4v) is 3.90. The van der Waals surface area contributed by atoms with Gasteiger partial charge in [-0.25, -0.2) is 8.42 Å². The van der Waals surface area contributed by atoms with Crippen LogP contribution in [0.4, 0.5) is 0 Å². The van der Waals surface area contributed by atoms with Gasteiger partial charge in [0.1, 0.15) is 5.78 Å². The van der Waals surface area contributed by atoms with Crippen LogP contribution >= 0.6 is 0 Å². The van der Waals surface area contributed by atoms with E-state index in [1.165, 1.54) is 0 Å². The third-order valence-electron chi connectivity index (χ3n) is 2.70. The molecule has 12 heavy (non-hydrogen) atoms. The van der Waals surface area contributed by atoms with E-state index < -0.39 is 9.84 Å². The van der Waals surface area contributed by atoms with Crippen LogP contribution in [-0.2, 0) is 14.6 Å². The molecule has 1 saturated carbocycles. The highest BCUT2D eigenvalue weighted by Crippen LogP contribution is 2.39. The Morgan fingerprint density at radius 2 is 1.92 bits per heavy atom. The highest BCUT2D eigenvalue weighted by Gasteiger charge is 2.43. The average Bonchev–Trinajstić information content (AvgIpc) is 2.77. The second kappa shape index (κ2) is 2.55. The van der Waals surface area contributed by atoms with Crippen molar-refractivity contribution in [2.45, 2.75) is 30.9 Å². The maximum Gasteiger partial charge on any atom is 0.154 e. The number of carbonyl (C=O) groups is 1. The van der Waals surface area contributed by atoms with Gasteiger partial charge in [-0.15, -0.1) is 0 Å². The lowest BCUT2D eigenvalue weighted by atomic mass is 10.1. The number of hydrogen-bond donors (Lipinski definition) is 0. The zero-order chi connectivity index (χ0) is 8.77. The summed E-state index contributed by atoms with van der Waals surface area (Å²) in [6.45, 7) is 0. The summed E-state index contributed by atoms with van der Waals surface area (Å²) in [4.78, 5) is 11.0. The van der Waals surface area contributed by atoms with Crippen LogP contribution in [0.5, 0.6) is 0 Å². The molecule has 0 aromatic rings. The van der Waals surface area contributed by atoms with Gasteiger partial charge in [-0.3, -0.25) is 4.79 Å². The minimum atomic E-state index is -2.91. The Kier molecular flexibility index (Phi) is 1.75.